The topological polar surface area (TPSA) is 73.8 Å². The minimum Gasteiger partial charge on any atom is -0.357 e. The van der Waals surface area contributed by atoms with Crippen LogP contribution in [0.3, 0.4) is 0 Å². The van der Waals surface area contributed by atoms with Crippen molar-refractivity contribution in [2.75, 3.05) is 50.0 Å². The maximum absolute atomic E-state index is 12.4. The molecule has 1 fully saturated rings. The average molecular weight is 413 g/mol. The lowest BCUT2D eigenvalue weighted by Crippen LogP contribution is -2.44. The molecule has 8 heteroatoms. The summed E-state index contributed by atoms with van der Waals surface area (Å²) in [5.74, 6) is 2.83. The maximum atomic E-state index is 12.4. The lowest BCUT2D eigenvalue weighted by Gasteiger charge is -2.25. The summed E-state index contributed by atoms with van der Waals surface area (Å²) in [7, 11) is -3.20. The van der Waals surface area contributed by atoms with Crippen LogP contribution in [-0.2, 0) is 10.0 Å². The number of thioether (sulfide) groups is 1. The van der Waals surface area contributed by atoms with Gasteiger partial charge in [0.25, 0.3) is 0 Å². The summed E-state index contributed by atoms with van der Waals surface area (Å²) in [6, 6.07) is 8.50. The van der Waals surface area contributed by atoms with Crippen LogP contribution in [0, 0.1) is 6.92 Å². The molecule has 1 atom stereocenters. The molecular weight excluding hydrogens is 380 g/mol. The van der Waals surface area contributed by atoms with E-state index in [2.05, 4.69) is 53.7 Å². The van der Waals surface area contributed by atoms with Crippen LogP contribution >= 0.6 is 11.8 Å². The SMILES string of the molecule is CCNC(=NCC(C)c1ccc(C)cc1)NCCS(=O)(=O)N1CCSCC1. The molecule has 1 aromatic rings. The molecule has 0 saturated carbocycles. The van der Waals surface area contributed by atoms with E-state index in [1.807, 2.05) is 18.7 Å². The van der Waals surface area contributed by atoms with Gasteiger partial charge in [-0.1, -0.05) is 36.8 Å². The summed E-state index contributed by atoms with van der Waals surface area (Å²) in [6.07, 6.45) is 0. The van der Waals surface area contributed by atoms with E-state index in [-0.39, 0.29) is 5.75 Å². The van der Waals surface area contributed by atoms with Crippen molar-refractivity contribution in [1.29, 1.82) is 0 Å². The first-order chi connectivity index (χ1) is 12.9. The number of guanidine groups is 1. The lowest BCUT2D eigenvalue weighted by atomic mass is 10.0. The van der Waals surface area contributed by atoms with E-state index in [0.29, 0.717) is 38.1 Å². The van der Waals surface area contributed by atoms with Gasteiger partial charge in [-0.15, -0.1) is 0 Å². The Kier molecular flexibility index (Phi) is 8.92. The van der Waals surface area contributed by atoms with E-state index in [0.717, 1.165) is 18.1 Å². The fraction of sp³-hybridized carbons (Fsp3) is 0.632. The van der Waals surface area contributed by atoms with Crippen LogP contribution in [-0.4, -0.2) is 68.7 Å². The summed E-state index contributed by atoms with van der Waals surface area (Å²) < 4.78 is 26.4. The summed E-state index contributed by atoms with van der Waals surface area (Å²) in [5, 5.41) is 6.35. The molecule has 1 saturated heterocycles. The van der Waals surface area contributed by atoms with Crippen LogP contribution in [0.5, 0.6) is 0 Å². The van der Waals surface area contributed by atoms with Gasteiger partial charge < -0.3 is 10.6 Å². The third-order valence-electron chi connectivity index (χ3n) is 4.53. The first kappa shape index (κ1) is 22.0. The van der Waals surface area contributed by atoms with Gasteiger partial charge in [0, 0.05) is 50.1 Å². The molecule has 1 unspecified atom stereocenters. The van der Waals surface area contributed by atoms with Gasteiger partial charge in [0.05, 0.1) is 5.75 Å². The molecule has 1 aliphatic rings. The smallest absolute Gasteiger partial charge is 0.215 e. The quantitative estimate of drug-likeness (QED) is 0.505. The third kappa shape index (κ3) is 7.35. The number of sulfonamides is 1. The van der Waals surface area contributed by atoms with Crippen molar-refractivity contribution in [2.24, 2.45) is 4.99 Å². The predicted molar refractivity (Wildman–Crippen MR) is 116 cm³/mol. The minimum atomic E-state index is -3.20. The van der Waals surface area contributed by atoms with Crippen LogP contribution < -0.4 is 10.6 Å². The molecule has 0 aliphatic carbocycles. The van der Waals surface area contributed by atoms with Crippen LogP contribution in [0.4, 0.5) is 0 Å². The van der Waals surface area contributed by atoms with Crippen molar-refractivity contribution >= 4 is 27.7 Å². The van der Waals surface area contributed by atoms with E-state index in [4.69, 9.17) is 0 Å². The zero-order valence-corrected chi connectivity index (χ0v) is 18.2. The molecule has 6 nitrogen and oxygen atoms in total. The van der Waals surface area contributed by atoms with E-state index in [9.17, 15) is 8.42 Å². The molecule has 2 rings (SSSR count). The molecule has 0 spiro atoms. The van der Waals surface area contributed by atoms with Gasteiger partial charge in [0.1, 0.15) is 0 Å². The number of rotatable bonds is 8. The highest BCUT2D eigenvalue weighted by Gasteiger charge is 2.23. The molecule has 0 aromatic heterocycles. The molecule has 1 aromatic carbocycles. The van der Waals surface area contributed by atoms with Crippen LogP contribution in [0.2, 0.25) is 0 Å². The van der Waals surface area contributed by atoms with Crippen molar-refractivity contribution in [1.82, 2.24) is 14.9 Å². The molecular formula is C19H32N4O2S2. The first-order valence-electron chi connectivity index (χ1n) is 9.56. The second-order valence-electron chi connectivity index (χ2n) is 6.79. The fourth-order valence-corrected chi connectivity index (χ4v) is 5.31. The number of aryl methyl sites for hydroxylation is 1. The lowest BCUT2D eigenvalue weighted by molar-refractivity contribution is 0.443. The fourth-order valence-electron chi connectivity index (χ4n) is 2.82. The highest BCUT2D eigenvalue weighted by molar-refractivity contribution is 7.99. The summed E-state index contributed by atoms with van der Waals surface area (Å²) in [6.45, 7) is 9.21. The zero-order chi connectivity index (χ0) is 19.7. The number of hydrogen-bond donors (Lipinski definition) is 2. The Balaban J connectivity index is 1.86. The van der Waals surface area contributed by atoms with Gasteiger partial charge in [0.15, 0.2) is 5.96 Å². The van der Waals surface area contributed by atoms with Gasteiger partial charge in [-0.25, -0.2) is 12.7 Å². The van der Waals surface area contributed by atoms with Crippen LogP contribution in [0.1, 0.15) is 30.9 Å². The van der Waals surface area contributed by atoms with E-state index >= 15 is 0 Å². The summed E-state index contributed by atoms with van der Waals surface area (Å²) in [4.78, 5) is 4.63. The van der Waals surface area contributed by atoms with Crippen molar-refractivity contribution < 1.29 is 8.42 Å². The van der Waals surface area contributed by atoms with Crippen molar-refractivity contribution in [3.63, 3.8) is 0 Å². The number of nitrogens with one attached hydrogen (secondary N) is 2. The third-order valence-corrected chi connectivity index (χ3v) is 7.34. The molecule has 0 radical (unpaired) electrons. The Morgan fingerprint density at radius 3 is 2.52 bits per heavy atom. The Morgan fingerprint density at radius 1 is 1.22 bits per heavy atom. The normalized spacial score (nSPS) is 17.5. The van der Waals surface area contributed by atoms with E-state index in [1.54, 1.807) is 4.31 Å². The molecule has 152 valence electrons. The van der Waals surface area contributed by atoms with E-state index < -0.39 is 10.0 Å². The van der Waals surface area contributed by atoms with Gasteiger partial charge >= 0.3 is 0 Å². The van der Waals surface area contributed by atoms with Crippen LogP contribution in [0.15, 0.2) is 29.3 Å². The highest BCUT2D eigenvalue weighted by atomic mass is 32.2. The van der Waals surface area contributed by atoms with Crippen LogP contribution in [0.25, 0.3) is 0 Å². The molecule has 0 amide bonds. The second-order valence-corrected chi connectivity index (χ2v) is 10.1. The van der Waals surface area contributed by atoms with Gasteiger partial charge in [-0.2, -0.15) is 11.8 Å². The summed E-state index contributed by atoms with van der Waals surface area (Å²) >= 11 is 1.81. The Hall–Kier alpha value is -1.25. The minimum absolute atomic E-state index is 0.0929. The Labute approximate surface area is 168 Å². The monoisotopic (exact) mass is 412 g/mol. The number of hydrogen-bond acceptors (Lipinski definition) is 4. The maximum Gasteiger partial charge on any atom is 0.215 e. The Bertz CT molecular complexity index is 699. The number of aliphatic imine (C=N–C) groups is 1. The van der Waals surface area contributed by atoms with Gasteiger partial charge in [0.2, 0.25) is 10.0 Å². The van der Waals surface area contributed by atoms with Crippen molar-refractivity contribution in [3.05, 3.63) is 35.4 Å². The largest absolute Gasteiger partial charge is 0.357 e. The summed E-state index contributed by atoms with van der Waals surface area (Å²) in [5.41, 5.74) is 2.50. The molecule has 27 heavy (non-hydrogen) atoms. The van der Waals surface area contributed by atoms with Crippen molar-refractivity contribution in [2.45, 2.75) is 26.7 Å². The van der Waals surface area contributed by atoms with Gasteiger partial charge in [-0.3, -0.25) is 4.99 Å². The first-order valence-corrected chi connectivity index (χ1v) is 12.3. The molecule has 2 N–H and O–H groups in total. The zero-order valence-electron chi connectivity index (χ0n) is 16.6. The second kappa shape index (κ2) is 10.9. The van der Waals surface area contributed by atoms with Gasteiger partial charge in [-0.05, 0) is 19.4 Å². The van der Waals surface area contributed by atoms with Crippen molar-refractivity contribution in [3.8, 4) is 0 Å². The number of benzene rings is 1. The average Bonchev–Trinajstić information content (AvgIpc) is 2.67. The van der Waals surface area contributed by atoms with E-state index in [1.165, 1.54) is 11.1 Å². The standard InChI is InChI=1S/C19H32N4O2S2/c1-4-20-19(22-15-17(3)18-7-5-16(2)6-8-18)21-9-14-27(24,25)23-10-12-26-13-11-23/h5-8,17H,4,9-15H2,1-3H3,(H2,20,21,22). The molecule has 1 heterocycles. The number of nitrogens with zero attached hydrogens (tertiary/aromatic N) is 2. The highest BCUT2D eigenvalue weighted by Crippen LogP contribution is 2.16. The molecule has 0 bridgehead atoms. The Morgan fingerprint density at radius 2 is 1.89 bits per heavy atom. The predicted octanol–water partition coefficient (Wildman–Crippen LogP) is 2.03. The molecule has 1 aliphatic heterocycles.